The van der Waals surface area contributed by atoms with Gasteiger partial charge in [0.2, 0.25) is 18.6 Å². The molecule has 0 saturated heterocycles. The Morgan fingerprint density at radius 2 is 1.65 bits per heavy atom. The smallest absolute Gasteiger partial charge is 0.243 e. The van der Waals surface area contributed by atoms with E-state index in [-0.39, 0.29) is 25.0 Å². The van der Waals surface area contributed by atoms with Gasteiger partial charge in [0.15, 0.2) is 11.5 Å². The van der Waals surface area contributed by atoms with Crippen molar-refractivity contribution >= 4 is 27.7 Å². The molecule has 4 rings (SSSR count). The van der Waals surface area contributed by atoms with Crippen molar-refractivity contribution in [2.24, 2.45) is 0 Å². The lowest BCUT2D eigenvalue weighted by Crippen LogP contribution is -2.54. The van der Waals surface area contributed by atoms with Gasteiger partial charge in [-0.05, 0) is 68.1 Å². The molecule has 3 aromatic rings. The number of nitrogens with zero attached hydrogens (tertiary/aromatic N) is 1. The van der Waals surface area contributed by atoms with Crippen molar-refractivity contribution in [2.75, 3.05) is 6.79 Å². The van der Waals surface area contributed by atoms with Crippen LogP contribution < -0.4 is 14.8 Å². The molecule has 6 nitrogen and oxygen atoms in total. The molecule has 194 valence electrons. The molecule has 0 aromatic heterocycles. The fourth-order valence-electron chi connectivity index (χ4n) is 4.33. The zero-order valence-corrected chi connectivity index (χ0v) is 23.1. The number of fused-ring (bicyclic) bond motifs is 1. The first kappa shape index (κ1) is 26.7. The highest BCUT2D eigenvalue weighted by Gasteiger charge is 2.32. The molecule has 2 amide bonds. The van der Waals surface area contributed by atoms with E-state index >= 15 is 0 Å². The second-order valence-corrected chi connectivity index (χ2v) is 11.2. The Morgan fingerprint density at radius 3 is 2.38 bits per heavy atom. The number of carbonyl (C=O) groups excluding carboxylic acids is 2. The van der Waals surface area contributed by atoms with Crippen LogP contribution in [0.25, 0.3) is 0 Å². The number of halogens is 1. The van der Waals surface area contributed by atoms with E-state index in [2.05, 4.69) is 21.2 Å². The van der Waals surface area contributed by atoms with Gasteiger partial charge in [-0.25, -0.2) is 0 Å². The molecular weight excluding hydrogens is 532 g/mol. The Hall–Kier alpha value is -3.32. The largest absolute Gasteiger partial charge is 0.454 e. The molecule has 1 atom stereocenters. The van der Waals surface area contributed by atoms with Gasteiger partial charge < -0.3 is 19.7 Å². The third-order valence-corrected chi connectivity index (χ3v) is 6.57. The zero-order valence-electron chi connectivity index (χ0n) is 21.5. The SMILES string of the molecule is CC(C)(C)NC(=O)C(Cc1ccccc1)N(Cc1cccc(Br)c1)C(=O)CCc1ccc2c(c1)OCO2. The normalized spacial score (nSPS) is 13.2. The lowest BCUT2D eigenvalue weighted by Gasteiger charge is -2.34. The number of carbonyl (C=O) groups is 2. The fourth-order valence-corrected chi connectivity index (χ4v) is 4.78. The number of hydrogen-bond donors (Lipinski definition) is 1. The van der Waals surface area contributed by atoms with Gasteiger partial charge in [0.05, 0.1) is 0 Å². The summed E-state index contributed by atoms with van der Waals surface area (Å²) < 4.78 is 11.8. The average Bonchev–Trinajstić information content (AvgIpc) is 3.32. The lowest BCUT2D eigenvalue weighted by atomic mass is 9.99. The fraction of sp³-hybridized carbons (Fsp3) is 0.333. The Morgan fingerprint density at radius 1 is 0.919 bits per heavy atom. The predicted octanol–water partition coefficient (Wildman–Crippen LogP) is 5.67. The van der Waals surface area contributed by atoms with Crippen LogP contribution in [0.2, 0.25) is 0 Å². The van der Waals surface area contributed by atoms with E-state index in [1.165, 1.54) is 0 Å². The number of rotatable bonds is 9. The maximum Gasteiger partial charge on any atom is 0.243 e. The number of aryl methyl sites for hydroxylation is 1. The summed E-state index contributed by atoms with van der Waals surface area (Å²) in [6, 6.07) is 22.8. The van der Waals surface area contributed by atoms with Gasteiger partial charge in [-0.15, -0.1) is 0 Å². The molecule has 0 radical (unpaired) electrons. The maximum absolute atomic E-state index is 13.8. The van der Waals surface area contributed by atoms with E-state index in [0.717, 1.165) is 21.2 Å². The van der Waals surface area contributed by atoms with Crippen molar-refractivity contribution in [1.82, 2.24) is 10.2 Å². The molecule has 1 N–H and O–H groups in total. The minimum atomic E-state index is -0.662. The first-order chi connectivity index (χ1) is 17.7. The van der Waals surface area contributed by atoms with E-state index in [1.54, 1.807) is 4.90 Å². The number of ether oxygens (including phenoxy) is 2. The molecule has 37 heavy (non-hydrogen) atoms. The zero-order chi connectivity index (χ0) is 26.4. The van der Waals surface area contributed by atoms with Crippen LogP contribution in [0, 0.1) is 0 Å². The molecule has 1 aliphatic heterocycles. The molecular formula is C30H33BrN2O4. The highest BCUT2D eigenvalue weighted by atomic mass is 79.9. The van der Waals surface area contributed by atoms with Crippen molar-refractivity contribution in [3.63, 3.8) is 0 Å². The van der Waals surface area contributed by atoms with E-state index in [1.807, 2.05) is 93.6 Å². The molecule has 0 bridgehead atoms. The van der Waals surface area contributed by atoms with Gasteiger partial charge in [-0.1, -0.05) is 64.5 Å². The van der Waals surface area contributed by atoms with Crippen LogP contribution in [0.3, 0.4) is 0 Å². The predicted molar refractivity (Wildman–Crippen MR) is 147 cm³/mol. The summed E-state index contributed by atoms with van der Waals surface area (Å²) in [5.41, 5.74) is 2.51. The third-order valence-electron chi connectivity index (χ3n) is 6.08. The molecule has 0 aliphatic carbocycles. The summed E-state index contributed by atoms with van der Waals surface area (Å²) >= 11 is 3.53. The highest BCUT2D eigenvalue weighted by Crippen LogP contribution is 2.33. The molecule has 3 aromatic carbocycles. The summed E-state index contributed by atoms with van der Waals surface area (Å²) in [6.45, 7) is 6.39. The van der Waals surface area contributed by atoms with Crippen LogP contribution in [-0.4, -0.2) is 35.1 Å². The Kier molecular flexibility index (Phi) is 8.54. The highest BCUT2D eigenvalue weighted by molar-refractivity contribution is 9.10. The second kappa shape index (κ2) is 11.8. The Labute approximate surface area is 227 Å². The van der Waals surface area contributed by atoms with Gasteiger partial charge in [0, 0.05) is 29.4 Å². The van der Waals surface area contributed by atoms with Crippen LogP contribution in [0.5, 0.6) is 11.5 Å². The summed E-state index contributed by atoms with van der Waals surface area (Å²) in [5.74, 6) is 1.17. The first-order valence-electron chi connectivity index (χ1n) is 12.5. The number of nitrogens with one attached hydrogen (secondary N) is 1. The van der Waals surface area contributed by atoms with Crippen molar-refractivity contribution in [3.8, 4) is 11.5 Å². The van der Waals surface area contributed by atoms with Crippen molar-refractivity contribution < 1.29 is 19.1 Å². The average molecular weight is 566 g/mol. The van der Waals surface area contributed by atoms with Crippen LogP contribution in [0.4, 0.5) is 0 Å². The van der Waals surface area contributed by atoms with Crippen LogP contribution >= 0.6 is 15.9 Å². The van der Waals surface area contributed by atoms with Crippen LogP contribution in [0.1, 0.15) is 43.9 Å². The molecule has 7 heteroatoms. The van der Waals surface area contributed by atoms with Gasteiger partial charge in [0.1, 0.15) is 6.04 Å². The second-order valence-electron chi connectivity index (χ2n) is 10.3. The van der Waals surface area contributed by atoms with E-state index in [9.17, 15) is 9.59 Å². The quantitative estimate of drug-likeness (QED) is 0.364. The van der Waals surface area contributed by atoms with Gasteiger partial charge >= 0.3 is 0 Å². The van der Waals surface area contributed by atoms with Gasteiger partial charge in [-0.2, -0.15) is 0 Å². The van der Waals surface area contributed by atoms with E-state index in [0.29, 0.717) is 30.9 Å². The number of hydrogen-bond acceptors (Lipinski definition) is 4. The molecule has 0 spiro atoms. The molecule has 1 heterocycles. The molecule has 0 saturated carbocycles. The first-order valence-corrected chi connectivity index (χ1v) is 13.3. The molecule has 1 unspecified atom stereocenters. The number of amides is 2. The van der Waals surface area contributed by atoms with Gasteiger partial charge in [-0.3, -0.25) is 9.59 Å². The topological polar surface area (TPSA) is 67.9 Å². The Balaban J connectivity index is 1.61. The van der Waals surface area contributed by atoms with Crippen LogP contribution in [-0.2, 0) is 29.0 Å². The minimum absolute atomic E-state index is 0.0809. The monoisotopic (exact) mass is 564 g/mol. The lowest BCUT2D eigenvalue weighted by molar-refractivity contribution is -0.141. The number of benzene rings is 3. The van der Waals surface area contributed by atoms with Crippen molar-refractivity contribution in [3.05, 3.63) is 94.0 Å². The third kappa shape index (κ3) is 7.59. The summed E-state index contributed by atoms with van der Waals surface area (Å²) in [5, 5.41) is 3.10. The Bertz CT molecular complexity index is 1240. The summed E-state index contributed by atoms with van der Waals surface area (Å²) in [4.78, 5) is 29.2. The standard InChI is InChI=1S/C30H33BrN2O4/c1-30(2,3)32-29(35)25(17-21-8-5-4-6-9-21)33(19-23-10-7-11-24(31)16-23)28(34)15-13-22-12-14-26-27(18-22)37-20-36-26/h4-12,14,16,18,25H,13,15,17,19-20H2,1-3H3,(H,32,35). The summed E-state index contributed by atoms with van der Waals surface area (Å²) in [6.07, 6.45) is 1.22. The van der Waals surface area contributed by atoms with E-state index in [4.69, 9.17) is 9.47 Å². The van der Waals surface area contributed by atoms with E-state index < -0.39 is 11.6 Å². The van der Waals surface area contributed by atoms with Crippen LogP contribution in [0.15, 0.2) is 77.3 Å². The molecule has 1 aliphatic rings. The minimum Gasteiger partial charge on any atom is -0.454 e. The molecule has 0 fully saturated rings. The van der Waals surface area contributed by atoms with Gasteiger partial charge in [0.25, 0.3) is 0 Å². The maximum atomic E-state index is 13.8. The van der Waals surface area contributed by atoms with Crippen molar-refractivity contribution in [1.29, 1.82) is 0 Å². The summed E-state index contributed by atoms with van der Waals surface area (Å²) in [7, 11) is 0. The van der Waals surface area contributed by atoms with Crippen molar-refractivity contribution in [2.45, 2.75) is 58.2 Å².